The highest BCUT2D eigenvalue weighted by molar-refractivity contribution is 5.92. The molecule has 0 aliphatic heterocycles. The zero-order valence-corrected chi connectivity index (χ0v) is 15.0. The number of amides is 1. The van der Waals surface area contributed by atoms with Crippen LogP contribution in [0.3, 0.4) is 0 Å². The lowest BCUT2D eigenvalue weighted by atomic mass is 10.1. The van der Waals surface area contributed by atoms with E-state index in [0.29, 0.717) is 30.4 Å². The molecular formula is C21H24FNO3. The standard InChI is InChI=1S/C21H24FNO3/c1-25-20-14-16(22)10-11-19(20)23-21(24)12-9-15-5-4-8-18(13-15)26-17-6-2-3-7-17/h4-5,8,10-11,13-14,17H,2-3,6-7,9,12H2,1H3,(H,23,24). The molecule has 3 rings (SSSR count). The number of ether oxygens (including phenoxy) is 2. The van der Waals surface area contributed by atoms with Gasteiger partial charge in [-0.3, -0.25) is 4.79 Å². The number of aryl methyl sites for hydroxylation is 1. The highest BCUT2D eigenvalue weighted by Crippen LogP contribution is 2.26. The van der Waals surface area contributed by atoms with Crippen LogP contribution in [-0.4, -0.2) is 19.1 Å². The van der Waals surface area contributed by atoms with Crippen molar-refractivity contribution in [3.05, 3.63) is 53.8 Å². The van der Waals surface area contributed by atoms with E-state index in [1.807, 2.05) is 24.3 Å². The van der Waals surface area contributed by atoms with Gasteiger partial charge in [-0.1, -0.05) is 12.1 Å². The molecule has 4 nitrogen and oxygen atoms in total. The molecule has 1 N–H and O–H groups in total. The molecule has 1 aliphatic rings. The number of hydrogen-bond donors (Lipinski definition) is 1. The minimum absolute atomic E-state index is 0.142. The zero-order valence-electron chi connectivity index (χ0n) is 15.0. The second kappa shape index (κ2) is 8.70. The van der Waals surface area contributed by atoms with Gasteiger partial charge >= 0.3 is 0 Å². The molecule has 0 spiro atoms. The van der Waals surface area contributed by atoms with Crippen molar-refractivity contribution in [2.45, 2.75) is 44.6 Å². The highest BCUT2D eigenvalue weighted by atomic mass is 19.1. The Morgan fingerprint density at radius 3 is 2.77 bits per heavy atom. The minimum Gasteiger partial charge on any atom is -0.494 e. The Balaban J connectivity index is 1.54. The van der Waals surface area contributed by atoms with Crippen LogP contribution >= 0.6 is 0 Å². The lowest BCUT2D eigenvalue weighted by molar-refractivity contribution is -0.116. The van der Waals surface area contributed by atoms with Gasteiger partial charge in [0.2, 0.25) is 5.91 Å². The minimum atomic E-state index is -0.404. The molecule has 0 saturated heterocycles. The number of rotatable bonds is 7. The number of hydrogen-bond acceptors (Lipinski definition) is 3. The van der Waals surface area contributed by atoms with Crippen molar-refractivity contribution in [2.75, 3.05) is 12.4 Å². The van der Waals surface area contributed by atoms with Gasteiger partial charge in [0.1, 0.15) is 17.3 Å². The molecule has 1 aliphatic carbocycles. The number of nitrogens with one attached hydrogen (secondary N) is 1. The van der Waals surface area contributed by atoms with Crippen LogP contribution in [0.25, 0.3) is 0 Å². The number of carbonyl (C=O) groups excluding carboxylic acids is 1. The molecule has 1 amide bonds. The second-order valence-electron chi connectivity index (χ2n) is 6.56. The molecule has 0 aromatic heterocycles. The third-order valence-corrected chi connectivity index (χ3v) is 4.58. The summed E-state index contributed by atoms with van der Waals surface area (Å²) in [6.45, 7) is 0. The molecule has 1 fully saturated rings. The van der Waals surface area contributed by atoms with Crippen molar-refractivity contribution < 1.29 is 18.7 Å². The maximum absolute atomic E-state index is 13.2. The summed E-state index contributed by atoms with van der Waals surface area (Å²) >= 11 is 0. The summed E-state index contributed by atoms with van der Waals surface area (Å²) in [4.78, 5) is 12.2. The lowest BCUT2D eigenvalue weighted by Gasteiger charge is -2.14. The SMILES string of the molecule is COc1cc(F)ccc1NC(=O)CCc1cccc(OC2CCCC2)c1. The summed E-state index contributed by atoms with van der Waals surface area (Å²) in [5, 5.41) is 2.77. The Labute approximate surface area is 153 Å². The third-order valence-electron chi connectivity index (χ3n) is 4.58. The van der Waals surface area contributed by atoms with Crippen molar-refractivity contribution in [1.82, 2.24) is 0 Å². The summed E-state index contributed by atoms with van der Waals surface area (Å²) < 4.78 is 24.3. The largest absolute Gasteiger partial charge is 0.494 e. The predicted molar refractivity (Wildman–Crippen MR) is 99.2 cm³/mol. The van der Waals surface area contributed by atoms with E-state index >= 15 is 0 Å². The Hall–Kier alpha value is -2.56. The van der Waals surface area contributed by atoms with Crippen LogP contribution in [0, 0.1) is 5.82 Å². The van der Waals surface area contributed by atoms with E-state index in [2.05, 4.69) is 5.32 Å². The van der Waals surface area contributed by atoms with Gasteiger partial charge in [0.25, 0.3) is 0 Å². The van der Waals surface area contributed by atoms with Crippen LogP contribution < -0.4 is 14.8 Å². The van der Waals surface area contributed by atoms with E-state index in [4.69, 9.17) is 9.47 Å². The molecule has 2 aromatic carbocycles. The van der Waals surface area contributed by atoms with Crippen molar-refractivity contribution in [1.29, 1.82) is 0 Å². The van der Waals surface area contributed by atoms with Crippen molar-refractivity contribution >= 4 is 11.6 Å². The maximum Gasteiger partial charge on any atom is 0.224 e. The number of carbonyl (C=O) groups is 1. The van der Waals surface area contributed by atoms with Gasteiger partial charge in [-0.2, -0.15) is 0 Å². The van der Waals surface area contributed by atoms with E-state index in [1.54, 1.807) is 0 Å². The smallest absolute Gasteiger partial charge is 0.224 e. The predicted octanol–water partition coefficient (Wildman–Crippen LogP) is 4.73. The van der Waals surface area contributed by atoms with Crippen LogP contribution in [-0.2, 0) is 11.2 Å². The molecule has 0 bridgehead atoms. The monoisotopic (exact) mass is 357 g/mol. The summed E-state index contributed by atoms with van der Waals surface area (Å²) in [5.41, 5.74) is 1.53. The Kier molecular flexibility index (Phi) is 6.10. The quantitative estimate of drug-likeness (QED) is 0.779. The topological polar surface area (TPSA) is 47.6 Å². The van der Waals surface area contributed by atoms with Crippen molar-refractivity contribution in [3.8, 4) is 11.5 Å². The van der Waals surface area contributed by atoms with Gasteiger partial charge in [0.05, 0.1) is 18.9 Å². The van der Waals surface area contributed by atoms with E-state index in [0.717, 1.165) is 24.2 Å². The van der Waals surface area contributed by atoms with Gasteiger partial charge in [-0.05, 0) is 61.9 Å². The first-order valence-corrected chi connectivity index (χ1v) is 9.03. The Morgan fingerprint density at radius 2 is 2.00 bits per heavy atom. The number of anilines is 1. The maximum atomic E-state index is 13.2. The summed E-state index contributed by atoms with van der Waals surface area (Å²) in [7, 11) is 1.44. The molecule has 1 saturated carbocycles. The highest BCUT2D eigenvalue weighted by Gasteiger charge is 2.16. The van der Waals surface area contributed by atoms with Gasteiger partial charge in [-0.15, -0.1) is 0 Å². The third kappa shape index (κ3) is 4.97. The fourth-order valence-electron chi connectivity index (χ4n) is 3.21. The molecule has 0 radical (unpaired) electrons. The Morgan fingerprint density at radius 1 is 1.19 bits per heavy atom. The van der Waals surface area contributed by atoms with Gasteiger partial charge in [0, 0.05) is 12.5 Å². The van der Waals surface area contributed by atoms with Crippen LogP contribution in [0.5, 0.6) is 11.5 Å². The first-order valence-electron chi connectivity index (χ1n) is 9.03. The normalized spacial score (nSPS) is 14.2. The molecular weight excluding hydrogens is 333 g/mol. The van der Waals surface area contributed by atoms with E-state index in [1.165, 1.54) is 38.2 Å². The Bertz CT molecular complexity index is 757. The summed E-state index contributed by atoms with van der Waals surface area (Å²) in [5.74, 6) is 0.635. The molecule has 2 aromatic rings. The van der Waals surface area contributed by atoms with E-state index in [-0.39, 0.29) is 5.91 Å². The first-order chi connectivity index (χ1) is 12.6. The van der Waals surface area contributed by atoms with Crippen LogP contribution in [0.1, 0.15) is 37.7 Å². The van der Waals surface area contributed by atoms with E-state index < -0.39 is 5.82 Å². The van der Waals surface area contributed by atoms with Gasteiger partial charge in [-0.25, -0.2) is 4.39 Å². The molecule has 0 unspecified atom stereocenters. The molecule has 5 heteroatoms. The number of halogens is 1. The molecule has 138 valence electrons. The lowest BCUT2D eigenvalue weighted by Crippen LogP contribution is -2.13. The van der Waals surface area contributed by atoms with Crippen LogP contribution in [0.15, 0.2) is 42.5 Å². The van der Waals surface area contributed by atoms with Crippen molar-refractivity contribution in [3.63, 3.8) is 0 Å². The second-order valence-corrected chi connectivity index (χ2v) is 6.56. The fourth-order valence-corrected chi connectivity index (χ4v) is 3.21. The average molecular weight is 357 g/mol. The van der Waals surface area contributed by atoms with Gasteiger partial charge in [0.15, 0.2) is 0 Å². The molecule has 0 atom stereocenters. The summed E-state index contributed by atoms with van der Waals surface area (Å²) in [6, 6.07) is 12.0. The summed E-state index contributed by atoms with van der Waals surface area (Å²) in [6.07, 6.45) is 5.96. The van der Waals surface area contributed by atoms with Crippen molar-refractivity contribution in [2.24, 2.45) is 0 Å². The average Bonchev–Trinajstić information content (AvgIpc) is 3.15. The van der Waals surface area contributed by atoms with Gasteiger partial charge < -0.3 is 14.8 Å². The molecule has 26 heavy (non-hydrogen) atoms. The first kappa shape index (κ1) is 18.2. The number of methoxy groups -OCH3 is 1. The van der Waals surface area contributed by atoms with E-state index in [9.17, 15) is 9.18 Å². The zero-order chi connectivity index (χ0) is 18.4. The van der Waals surface area contributed by atoms with Crippen LogP contribution in [0.2, 0.25) is 0 Å². The number of benzene rings is 2. The van der Waals surface area contributed by atoms with Crippen LogP contribution in [0.4, 0.5) is 10.1 Å². The molecule has 0 heterocycles. The fraction of sp³-hybridized carbons (Fsp3) is 0.381.